The van der Waals surface area contributed by atoms with E-state index in [1.807, 2.05) is 6.07 Å². The normalized spacial score (nSPS) is 17.7. The zero-order valence-corrected chi connectivity index (χ0v) is 10.2. The highest BCUT2D eigenvalue weighted by Gasteiger charge is 2.29. The van der Waals surface area contributed by atoms with Crippen molar-refractivity contribution in [3.8, 4) is 5.75 Å². The second-order valence-corrected chi connectivity index (χ2v) is 5.06. The van der Waals surface area contributed by atoms with Crippen LogP contribution < -0.4 is 4.74 Å². The topological polar surface area (TPSA) is 26.3 Å². The lowest BCUT2D eigenvalue weighted by Gasteiger charge is -2.33. The van der Waals surface area contributed by atoms with Crippen LogP contribution in [0.25, 0.3) is 0 Å². The van der Waals surface area contributed by atoms with E-state index in [9.17, 15) is 4.79 Å². The van der Waals surface area contributed by atoms with Gasteiger partial charge in [-0.1, -0.05) is 19.9 Å². The third-order valence-corrected chi connectivity index (χ3v) is 3.61. The SMILES string of the molecule is COc1ccc2c(c1C=O)CCCC2(C)C. The Morgan fingerprint density at radius 2 is 2.12 bits per heavy atom. The van der Waals surface area contributed by atoms with Gasteiger partial charge in [-0.3, -0.25) is 4.79 Å². The smallest absolute Gasteiger partial charge is 0.154 e. The van der Waals surface area contributed by atoms with Crippen molar-refractivity contribution in [1.82, 2.24) is 0 Å². The summed E-state index contributed by atoms with van der Waals surface area (Å²) in [5, 5.41) is 0. The number of carbonyl (C=O) groups is 1. The lowest BCUT2D eigenvalue weighted by molar-refractivity contribution is 0.111. The van der Waals surface area contributed by atoms with Gasteiger partial charge in [0.2, 0.25) is 0 Å². The standard InChI is InChI=1S/C14H18O2/c1-14(2)8-4-5-10-11(9-15)13(16-3)7-6-12(10)14/h6-7,9H,4-5,8H2,1-3H3. The van der Waals surface area contributed by atoms with Crippen molar-refractivity contribution < 1.29 is 9.53 Å². The van der Waals surface area contributed by atoms with Crippen LogP contribution in [0.5, 0.6) is 5.75 Å². The molecular formula is C14H18O2. The number of benzene rings is 1. The van der Waals surface area contributed by atoms with Crippen LogP contribution in [0.4, 0.5) is 0 Å². The number of ether oxygens (including phenoxy) is 1. The number of carbonyl (C=O) groups excluding carboxylic acids is 1. The lowest BCUT2D eigenvalue weighted by Crippen LogP contribution is -2.24. The van der Waals surface area contributed by atoms with Crippen LogP contribution >= 0.6 is 0 Å². The molecule has 0 fully saturated rings. The Hall–Kier alpha value is -1.31. The number of fused-ring (bicyclic) bond motifs is 1. The number of hydrogen-bond acceptors (Lipinski definition) is 2. The van der Waals surface area contributed by atoms with Crippen LogP contribution in [0.3, 0.4) is 0 Å². The molecule has 2 rings (SSSR count). The first-order chi connectivity index (χ1) is 7.60. The summed E-state index contributed by atoms with van der Waals surface area (Å²) in [4.78, 5) is 11.2. The van der Waals surface area contributed by atoms with E-state index >= 15 is 0 Å². The van der Waals surface area contributed by atoms with Gasteiger partial charge in [-0.25, -0.2) is 0 Å². The molecule has 86 valence electrons. The summed E-state index contributed by atoms with van der Waals surface area (Å²) in [6.45, 7) is 4.48. The zero-order valence-electron chi connectivity index (χ0n) is 10.2. The van der Waals surface area contributed by atoms with Gasteiger partial charge in [-0.05, 0) is 41.9 Å². The van der Waals surface area contributed by atoms with Crippen molar-refractivity contribution in [2.45, 2.75) is 38.5 Å². The first kappa shape index (κ1) is 11.2. The van der Waals surface area contributed by atoms with Crippen molar-refractivity contribution in [3.05, 3.63) is 28.8 Å². The lowest BCUT2D eigenvalue weighted by atomic mass is 9.71. The largest absolute Gasteiger partial charge is 0.496 e. The molecule has 0 aromatic heterocycles. The quantitative estimate of drug-likeness (QED) is 0.713. The van der Waals surface area contributed by atoms with Crippen LogP contribution in [0.2, 0.25) is 0 Å². The monoisotopic (exact) mass is 218 g/mol. The molecule has 1 aromatic carbocycles. The Morgan fingerprint density at radius 1 is 1.38 bits per heavy atom. The van der Waals surface area contributed by atoms with E-state index < -0.39 is 0 Å². The van der Waals surface area contributed by atoms with Crippen molar-refractivity contribution in [2.24, 2.45) is 0 Å². The van der Waals surface area contributed by atoms with Gasteiger partial charge < -0.3 is 4.74 Å². The van der Waals surface area contributed by atoms with E-state index in [4.69, 9.17) is 4.74 Å². The van der Waals surface area contributed by atoms with E-state index in [0.717, 1.165) is 24.7 Å². The first-order valence-corrected chi connectivity index (χ1v) is 5.75. The Balaban J connectivity index is 2.64. The fourth-order valence-corrected chi connectivity index (χ4v) is 2.70. The summed E-state index contributed by atoms with van der Waals surface area (Å²) in [7, 11) is 1.61. The number of aldehydes is 1. The first-order valence-electron chi connectivity index (χ1n) is 5.75. The second-order valence-electron chi connectivity index (χ2n) is 5.06. The maximum Gasteiger partial charge on any atom is 0.154 e. The summed E-state index contributed by atoms with van der Waals surface area (Å²) in [6.07, 6.45) is 4.25. The molecule has 2 heteroatoms. The molecule has 0 amide bonds. The van der Waals surface area contributed by atoms with Crippen molar-refractivity contribution in [3.63, 3.8) is 0 Å². The Bertz CT molecular complexity index is 419. The highest BCUT2D eigenvalue weighted by atomic mass is 16.5. The maximum absolute atomic E-state index is 11.2. The molecule has 0 bridgehead atoms. The molecule has 0 atom stereocenters. The van der Waals surface area contributed by atoms with Crippen molar-refractivity contribution in [1.29, 1.82) is 0 Å². The third kappa shape index (κ3) is 1.62. The molecule has 0 aliphatic heterocycles. The van der Waals surface area contributed by atoms with Gasteiger partial charge in [0.15, 0.2) is 6.29 Å². The molecule has 0 N–H and O–H groups in total. The molecule has 0 radical (unpaired) electrons. The molecular weight excluding hydrogens is 200 g/mol. The Labute approximate surface area is 96.6 Å². The fraction of sp³-hybridized carbons (Fsp3) is 0.500. The third-order valence-electron chi connectivity index (χ3n) is 3.61. The van der Waals surface area contributed by atoms with Crippen LogP contribution in [0.15, 0.2) is 12.1 Å². The van der Waals surface area contributed by atoms with E-state index in [1.54, 1.807) is 7.11 Å². The molecule has 0 unspecified atom stereocenters. The van der Waals surface area contributed by atoms with E-state index in [-0.39, 0.29) is 5.41 Å². The predicted octanol–water partition coefficient (Wildman–Crippen LogP) is 3.12. The number of rotatable bonds is 2. The van der Waals surface area contributed by atoms with Gasteiger partial charge in [-0.2, -0.15) is 0 Å². The summed E-state index contributed by atoms with van der Waals surface area (Å²) in [5.74, 6) is 0.700. The second kappa shape index (κ2) is 3.93. The van der Waals surface area contributed by atoms with Gasteiger partial charge >= 0.3 is 0 Å². The summed E-state index contributed by atoms with van der Waals surface area (Å²) >= 11 is 0. The minimum Gasteiger partial charge on any atom is -0.496 e. The molecule has 0 heterocycles. The number of hydrogen-bond donors (Lipinski definition) is 0. The summed E-state index contributed by atoms with van der Waals surface area (Å²) < 4.78 is 5.24. The molecule has 2 nitrogen and oxygen atoms in total. The van der Waals surface area contributed by atoms with Gasteiger partial charge in [0.1, 0.15) is 5.75 Å². The van der Waals surface area contributed by atoms with Crippen LogP contribution in [0.1, 0.15) is 48.2 Å². The van der Waals surface area contributed by atoms with Crippen molar-refractivity contribution >= 4 is 6.29 Å². The molecule has 1 aromatic rings. The molecule has 1 aliphatic rings. The average molecular weight is 218 g/mol. The summed E-state index contributed by atoms with van der Waals surface area (Å²) in [5.41, 5.74) is 3.41. The Morgan fingerprint density at radius 3 is 2.75 bits per heavy atom. The van der Waals surface area contributed by atoms with Crippen LogP contribution in [0, 0.1) is 0 Å². The van der Waals surface area contributed by atoms with Gasteiger partial charge in [0.25, 0.3) is 0 Å². The van der Waals surface area contributed by atoms with Crippen LogP contribution in [-0.2, 0) is 11.8 Å². The van der Waals surface area contributed by atoms with Gasteiger partial charge in [0.05, 0.1) is 12.7 Å². The van der Waals surface area contributed by atoms with Crippen molar-refractivity contribution in [2.75, 3.05) is 7.11 Å². The van der Waals surface area contributed by atoms with E-state index in [2.05, 4.69) is 19.9 Å². The van der Waals surface area contributed by atoms with E-state index in [0.29, 0.717) is 5.75 Å². The zero-order chi connectivity index (χ0) is 11.8. The highest BCUT2D eigenvalue weighted by Crippen LogP contribution is 2.40. The molecule has 1 aliphatic carbocycles. The number of methoxy groups -OCH3 is 1. The minimum absolute atomic E-state index is 0.178. The minimum atomic E-state index is 0.178. The molecule has 0 spiro atoms. The summed E-state index contributed by atoms with van der Waals surface area (Å²) in [6, 6.07) is 4.02. The van der Waals surface area contributed by atoms with E-state index in [1.165, 1.54) is 17.5 Å². The maximum atomic E-state index is 11.2. The molecule has 16 heavy (non-hydrogen) atoms. The average Bonchev–Trinajstić information content (AvgIpc) is 2.27. The molecule has 0 saturated carbocycles. The van der Waals surface area contributed by atoms with Gasteiger partial charge in [0, 0.05) is 0 Å². The predicted molar refractivity (Wildman–Crippen MR) is 64.3 cm³/mol. The van der Waals surface area contributed by atoms with Crippen LogP contribution in [-0.4, -0.2) is 13.4 Å². The van der Waals surface area contributed by atoms with Gasteiger partial charge in [-0.15, -0.1) is 0 Å². The molecule has 0 saturated heterocycles. The Kier molecular flexibility index (Phi) is 2.75. The fourth-order valence-electron chi connectivity index (χ4n) is 2.70. The highest BCUT2D eigenvalue weighted by molar-refractivity contribution is 5.83.